The van der Waals surface area contributed by atoms with Gasteiger partial charge < -0.3 is 0 Å². The number of hydrogen-bond donors (Lipinski definition) is 0. The zero-order valence-electron chi connectivity index (χ0n) is 5.20. The lowest BCUT2D eigenvalue weighted by atomic mass is 10.2. The van der Waals surface area contributed by atoms with Crippen LogP contribution in [0.3, 0.4) is 0 Å². The maximum atomic E-state index is 3.69. The van der Waals surface area contributed by atoms with E-state index in [2.05, 4.69) is 25.0 Å². The summed E-state index contributed by atoms with van der Waals surface area (Å²) in [5.74, 6) is 5.65. The average molecular weight is 106 g/mol. The van der Waals surface area contributed by atoms with Gasteiger partial charge >= 0.3 is 0 Å². The van der Waals surface area contributed by atoms with Crippen molar-refractivity contribution in [2.24, 2.45) is 0 Å². The molecule has 0 radical (unpaired) electrons. The van der Waals surface area contributed by atoms with Crippen molar-refractivity contribution in [1.29, 1.82) is 0 Å². The molecular weight excluding hydrogens is 96.1 g/mol. The van der Waals surface area contributed by atoms with Crippen LogP contribution in [0.1, 0.15) is 13.3 Å². The SMILES string of the molecule is C=CC(=C)CC#CC. The molecule has 0 atom stereocenters. The Kier molecular flexibility index (Phi) is 3.70. The summed E-state index contributed by atoms with van der Waals surface area (Å²) in [6, 6.07) is 0. The van der Waals surface area contributed by atoms with Crippen LogP contribution in [-0.4, -0.2) is 0 Å². The van der Waals surface area contributed by atoms with Gasteiger partial charge in [0.05, 0.1) is 0 Å². The molecule has 0 N–H and O–H groups in total. The van der Waals surface area contributed by atoms with Gasteiger partial charge in [-0.3, -0.25) is 0 Å². The molecule has 0 bridgehead atoms. The number of hydrogen-bond acceptors (Lipinski definition) is 0. The summed E-state index contributed by atoms with van der Waals surface area (Å²) in [7, 11) is 0. The van der Waals surface area contributed by atoms with Gasteiger partial charge in [0.25, 0.3) is 0 Å². The molecule has 42 valence electrons. The van der Waals surface area contributed by atoms with E-state index in [1.165, 1.54) is 0 Å². The van der Waals surface area contributed by atoms with E-state index < -0.39 is 0 Å². The third-order valence-corrected chi connectivity index (χ3v) is 0.781. The van der Waals surface area contributed by atoms with Crippen LogP contribution in [0.4, 0.5) is 0 Å². The second-order valence-electron chi connectivity index (χ2n) is 1.47. The fourth-order valence-electron chi connectivity index (χ4n) is 0.274. The highest BCUT2D eigenvalue weighted by Crippen LogP contribution is 1.94. The largest absolute Gasteiger partial charge is 0.106 e. The Morgan fingerprint density at radius 2 is 2.38 bits per heavy atom. The van der Waals surface area contributed by atoms with E-state index >= 15 is 0 Å². The minimum Gasteiger partial charge on any atom is -0.106 e. The molecule has 8 heavy (non-hydrogen) atoms. The zero-order valence-corrected chi connectivity index (χ0v) is 5.20. The fraction of sp³-hybridized carbons (Fsp3) is 0.250. The van der Waals surface area contributed by atoms with Crippen LogP contribution in [-0.2, 0) is 0 Å². The van der Waals surface area contributed by atoms with Crippen LogP contribution in [0.15, 0.2) is 24.8 Å². The molecule has 0 amide bonds. The van der Waals surface area contributed by atoms with Crippen molar-refractivity contribution in [2.75, 3.05) is 0 Å². The maximum Gasteiger partial charge on any atom is 0.0334 e. The Labute approximate surface area is 50.9 Å². The topological polar surface area (TPSA) is 0 Å². The van der Waals surface area contributed by atoms with Crippen molar-refractivity contribution in [1.82, 2.24) is 0 Å². The second kappa shape index (κ2) is 4.21. The van der Waals surface area contributed by atoms with Gasteiger partial charge in [0.15, 0.2) is 0 Å². The molecule has 0 saturated carbocycles. The van der Waals surface area contributed by atoms with Gasteiger partial charge in [0.1, 0.15) is 0 Å². The molecule has 0 rings (SSSR count). The molecule has 0 aromatic heterocycles. The minimum absolute atomic E-state index is 0.750. The highest BCUT2D eigenvalue weighted by Gasteiger charge is 1.77. The van der Waals surface area contributed by atoms with Gasteiger partial charge in [-0.25, -0.2) is 0 Å². The smallest absolute Gasteiger partial charge is 0.0334 e. The van der Waals surface area contributed by atoms with Gasteiger partial charge in [0, 0.05) is 6.42 Å². The van der Waals surface area contributed by atoms with Crippen molar-refractivity contribution in [2.45, 2.75) is 13.3 Å². The molecule has 0 aliphatic carbocycles. The van der Waals surface area contributed by atoms with Gasteiger partial charge in [-0.05, 0) is 12.5 Å². The second-order valence-corrected chi connectivity index (χ2v) is 1.47. The minimum atomic E-state index is 0.750. The summed E-state index contributed by atoms with van der Waals surface area (Å²) in [4.78, 5) is 0. The van der Waals surface area contributed by atoms with Gasteiger partial charge in [-0.1, -0.05) is 25.2 Å². The summed E-state index contributed by atoms with van der Waals surface area (Å²) >= 11 is 0. The molecule has 0 aliphatic rings. The quantitative estimate of drug-likeness (QED) is 0.373. The first-order chi connectivity index (χ1) is 3.81. The molecule has 0 saturated heterocycles. The van der Waals surface area contributed by atoms with Crippen LogP contribution in [0.25, 0.3) is 0 Å². The van der Waals surface area contributed by atoms with E-state index in [9.17, 15) is 0 Å². The Morgan fingerprint density at radius 3 is 2.75 bits per heavy atom. The first-order valence-electron chi connectivity index (χ1n) is 2.51. The molecule has 0 spiro atoms. The van der Waals surface area contributed by atoms with Crippen LogP contribution in [0.5, 0.6) is 0 Å². The predicted molar refractivity (Wildman–Crippen MR) is 37.4 cm³/mol. The van der Waals surface area contributed by atoms with Crippen molar-refractivity contribution in [3.05, 3.63) is 24.8 Å². The van der Waals surface area contributed by atoms with Crippen LogP contribution in [0.2, 0.25) is 0 Å². The fourth-order valence-corrected chi connectivity index (χ4v) is 0.274. The first-order valence-corrected chi connectivity index (χ1v) is 2.51. The predicted octanol–water partition coefficient (Wildman–Crippen LogP) is 2.14. The average Bonchev–Trinajstić information content (AvgIpc) is 1.83. The van der Waals surface area contributed by atoms with Crippen LogP contribution in [0, 0.1) is 11.8 Å². The van der Waals surface area contributed by atoms with Crippen molar-refractivity contribution in [3.63, 3.8) is 0 Å². The molecule has 0 aromatic rings. The number of rotatable bonds is 2. The molecule has 0 unspecified atom stereocenters. The van der Waals surface area contributed by atoms with Gasteiger partial charge in [0.2, 0.25) is 0 Å². The lowest BCUT2D eigenvalue weighted by Crippen LogP contribution is -1.67. The van der Waals surface area contributed by atoms with Gasteiger partial charge in [-0.2, -0.15) is 0 Å². The summed E-state index contributed by atoms with van der Waals surface area (Å²) in [5, 5.41) is 0. The van der Waals surface area contributed by atoms with E-state index in [-0.39, 0.29) is 0 Å². The normalized spacial score (nSPS) is 6.62. The highest BCUT2D eigenvalue weighted by atomic mass is 13.8. The Bertz CT molecular complexity index is 141. The zero-order chi connectivity index (χ0) is 6.41. The number of allylic oxidation sites excluding steroid dienone is 2. The Balaban J connectivity index is 3.50. The van der Waals surface area contributed by atoms with E-state index in [0.717, 1.165) is 12.0 Å². The molecule has 0 aliphatic heterocycles. The molecule has 0 fully saturated rings. The molecule has 0 aromatic carbocycles. The maximum absolute atomic E-state index is 3.69. The van der Waals surface area contributed by atoms with Gasteiger partial charge in [-0.15, -0.1) is 5.92 Å². The third kappa shape index (κ3) is 3.24. The van der Waals surface area contributed by atoms with Crippen molar-refractivity contribution in [3.8, 4) is 11.8 Å². The molecule has 0 heterocycles. The van der Waals surface area contributed by atoms with E-state index in [1.54, 1.807) is 6.08 Å². The summed E-state index contributed by atoms with van der Waals surface area (Å²) in [6.07, 6.45) is 2.48. The molecule has 0 heteroatoms. The van der Waals surface area contributed by atoms with E-state index in [0.29, 0.717) is 0 Å². The monoisotopic (exact) mass is 106 g/mol. The third-order valence-electron chi connectivity index (χ3n) is 0.781. The Hall–Kier alpha value is -0.960. The first kappa shape index (κ1) is 7.04. The van der Waals surface area contributed by atoms with Crippen molar-refractivity contribution >= 4 is 0 Å². The Morgan fingerprint density at radius 1 is 1.75 bits per heavy atom. The summed E-state index contributed by atoms with van der Waals surface area (Å²) in [6.45, 7) is 9.05. The van der Waals surface area contributed by atoms with Crippen molar-refractivity contribution < 1.29 is 0 Å². The molecule has 0 nitrogen and oxygen atoms in total. The standard InChI is InChI=1S/C8H10/c1-4-6-7-8(3)5-2/h5H,2-3,7H2,1H3. The lowest BCUT2D eigenvalue weighted by Gasteiger charge is -1.84. The lowest BCUT2D eigenvalue weighted by molar-refractivity contribution is 1.36. The molecular formula is C8H10. The van der Waals surface area contributed by atoms with E-state index in [1.807, 2.05) is 6.92 Å². The summed E-state index contributed by atoms with van der Waals surface area (Å²) < 4.78 is 0. The van der Waals surface area contributed by atoms with Crippen LogP contribution >= 0.6 is 0 Å². The van der Waals surface area contributed by atoms with Crippen LogP contribution < -0.4 is 0 Å². The highest BCUT2D eigenvalue weighted by molar-refractivity contribution is 5.18. The summed E-state index contributed by atoms with van der Waals surface area (Å²) in [5.41, 5.74) is 0.986. The van der Waals surface area contributed by atoms with E-state index in [4.69, 9.17) is 0 Å².